The predicted octanol–water partition coefficient (Wildman–Crippen LogP) is 5.81. The molecule has 2 heterocycles. The lowest BCUT2D eigenvalue weighted by Crippen LogP contribution is -2.13. The molecule has 0 fully saturated rings. The van der Waals surface area contributed by atoms with Gasteiger partial charge in [0.15, 0.2) is 0 Å². The summed E-state index contributed by atoms with van der Waals surface area (Å²) in [6.45, 7) is 6.27. The fourth-order valence-electron chi connectivity index (χ4n) is 3.79. The number of carbonyl (C=O) groups is 1. The zero-order valence-electron chi connectivity index (χ0n) is 18.2. The van der Waals surface area contributed by atoms with E-state index in [2.05, 4.69) is 58.7 Å². The molecule has 1 aliphatic carbocycles. The second-order valence-electron chi connectivity index (χ2n) is 8.34. The van der Waals surface area contributed by atoms with Crippen LogP contribution in [0.15, 0.2) is 61.1 Å². The summed E-state index contributed by atoms with van der Waals surface area (Å²) < 4.78 is 0. The molecule has 158 valence electrons. The molecule has 0 radical (unpaired) electrons. The number of anilines is 2. The van der Waals surface area contributed by atoms with Crippen LogP contribution < -0.4 is 10.6 Å². The molecule has 5 nitrogen and oxygen atoms in total. The number of carbonyl (C=O) groups excluding carboxylic acids is 1. The number of amides is 1. The Balaban J connectivity index is 1.46. The number of nitrogens with zero attached hydrogens (tertiary/aromatic N) is 2. The van der Waals surface area contributed by atoms with Crippen molar-refractivity contribution in [2.24, 2.45) is 5.92 Å². The summed E-state index contributed by atoms with van der Waals surface area (Å²) in [7, 11) is 0. The van der Waals surface area contributed by atoms with Crippen LogP contribution >= 0.6 is 0 Å². The average molecular weight is 413 g/mol. The molecule has 1 unspecified atom stereocenters. The predicted molar refractivity (Wildman–Crippen MR) is 126 cm³/mol. The zero-order valence-corrected chi connectivity index (χ0v) is 18.2. The Hall–Kier alpha value is -3.47. The highest BCUT2D eigenvalue weighted by Gasteiger charge is 2.13. The molecule has 2 atom stereocenters. The van der Waals surface area contributed by atoms with Gasteiger partial charge in [0.1, 0.15) is 0 Å². The molecular weight excluding hydrogens is 384 g/mol. The molecule has 3 aromatic rings. The molecule has 1 aromatic carbocycles. The molecule has 0 saturated carbocycles. The van der Waals surface area contributed by atoms with Gasteiger partial charge in [-0.15, -0.1) is 0 Å². The van der Waals surface area contributed by atoms with Crippen molar-refractivity contribution in [2.75, 3.05) is 10.6 Å². The van der Waals surface area contributed by atoms with Crippen LogP contribution in [-0.2, 0) is 6.42 Å². The standard InChI is InChI=1S/C26H28N4O/c1-17-7-9-21-13-24(16-28-25(21)10-8-17)29-19(3)20-5-4-6-23(12-20)30-26(31)22-11-18(2)14-27-15-22/h4-6,8,10-17,19,29H,7,9H2,1-3H3,(H,30,31)/t17?,19-/m0/s1. The van der Waals surface area contributed by atoms with Crippen LogP contribution in [0.3, 0.4) is 0 Å². The molecule has 2 aromatic heterocycles. The summed E-state index contributed by atoms with van der Waals surface area (Å²) in [4.78, 5) is 21.3. The highest BCUT2D eigenvalue weighted by Crippen LogP contribution is 2.26. The number of pyridine rings is 2. The summed E-state index contributed by atoms with van der Waals surface area (Å²) >= 11 is 0. The van der Waals surface area contributed by atoms with Crippen molar-refractivity contribution < 1.29 is 4.79 Å². The van der Waals surface area contributed by atoms with Gasteiger partial charge < -0.3 is 10.6 Å². The van der Waals surface area contributed by atoms with Gasteiger partial charge in [-0.05, 0) is 79.6 Å². The molecule has 31 heavy (non-hydrogen) atoms. The Labute approximate surface area is 183 Å². The van der Waals surface area contributed by atoms with Gasteiger partial charge in [-0.1, -0.05) is 25.1 Å². The van der Waals surface area contributed by atoms with E-state index in [9.17, 15) is 4.79 Å². The third kappa shape index (κ3) is 5.18. The number of hydrogen-bond acceptors (Lipinski definition) is 4. The highest BCUT2D eigenvalue weighted by atomic mass is 16.1. The van der Waals surface area contributed by atoms with E-state index < -0.39 is 0 Å². The SMILES string of the molecule is Cc1cncc(C(=O)Nc2cccc([C@H](C)Nc3cnc4c(c3)CCC(C)C=C4)c2)c1. The number of benzene rings is 1. The maximum absolute atomic E-state index is 12.5. The topological polar surface area (TPSA) is 66.9 Å². The third-order valence-electron chi connectivity index (χ3n) is 5.62. The normalized spacial score (nSPS) is 16.2. The fraction of sp³-hybridized carbons (Fsp3) is 0.269. The van der Waals surface area contributed by atoms with Gasteiger partial charge in [-0.2, -0.15) is 0 Å². The van der Waals surface area contributed by atoms with Gasteiger partial charge in [0.2, 0.25) is 0 Å². The van der Waals surface area contributed by atoms with Crippen LogP contribution in [0.5, 0.6) is 0 Å². The number of aromatic nitrogens is 2. The summed E-state index contributed by atoms with van der Waals surface area (Å²) in [5, 5.41) is 6.52. The lowest BCUT2D eigenvalue weighted by molar-refractivity contribution is 0.102. The molecule has 0 bridgehead atoms. The quantitative estimate of drug-likeness (QED) is 0.555. The van der Waals surface area contributed by atoms with Crippen LogP contribution in [0.1, 0.15) is 59.1 Å². The molecular formula is C26H28N4O. The van der Waals surface area contributed by atoms with Gasteiger partial charge in [0, 0.05) is 24.1 Å². The van der Waals surface area contributed by atoms with Gasteiger partial charge in [0.25, 0.3) is 5.91 Å². The summed E-state index contributed by atoms with van der Waals surface area (Å²) in [6, 6.07) is 12.0. The van der Waals surface area contributed by atoms with E-state index in [4.69, 9.17) is 0 Å². The first-order valence-electron chi connectivity index (χ1n) is 10.7. The molecule has 1 aliphatic rings. The second kappa shape index (κ2) is 9.13. The largest absolute Gasteiger partial charge is 0.377 e. The summed E-state index contributed by atoms with van der Waals surface area (Å²) in [6.07, 6.45) is 11.8. The fourth-order valence-corrected chi connectivity index (χ4v) is 3.79. The zero-order chi connectivity index (χ0) is 21.8. The summed E-state index contributed by atoms with van der Waals surface area (Å²) in [5.74, 6) is 0.421. The minimum absolute atomic E-state index is 0.0672. The lowest BCUT2D eigenvalue weighted by Gasteiger charge is -2.18. The molecule has 0 aliphatic heterocycles. The number of allylic oxidation sites excluding steroid dienone is 1. The van der Waals surface area contributed by atoms with Gasteiger partial charge in [-0.25, -0.2) is 0 Å². The molecule has 5 heteroatoms. The molecule has 4 rings (SSSR count). The van der Waals surface area contributed by atoms with Gasteiger partial charge in [0.05, 0.1) is 23.1 Å². The molecule has 1 amide bonds. The Morgan fingerprint density at radius 3 is 2.84 bits per heavy atom. The van der Waals surface area contributed by atoms with Gasteiger partial charge in [-0.3, -0.25) is 14.8 Å². The minimum atomic E-state index is -0.161. The van der Waals surface area contributed by atoms with Crippen molar-refractivity contribution in [3.63, 3.8) is 0 Å². The van der Waals surface area contributed by atoms with E-state index in [0.29, 0.717) is 11.5 Å². The number of rotatable bonds is 5. The van der Waals surface area contributed by atoms with Crippen molar-refractivity contribution in [1.29, 1.82) is 0 Å². The van der Waals surface area contributed by atoms with Crippen LogP contribution in [0.25, 0.3) is 6.08 Å². The monoisotopic (exact) mass is 412 g/mol. The van der Waals surface area contributed by atoms with E-state index in [1.165, 1.54) is 5.56 Å². The second-order valence-corrected chi connectivity index (χ2v) is 8.34. The van der Waals surface area contributed by atoms with Crippen LogP contribution in [0.2, 0.25) is 0 Å². The van der Waals surface area contributed by atoms with E-state index in [1.807, 2.05) is 37.4 Å². The maximum atomic E-state index is 12.5. The number of aryl methyl sites for hydroxylation is 2. The first-order chi connectivity index (χ1) is 15.0. The van der Waals surface area contributed by atoms with Crippen LogP contribution in [-0.4, -0.2) is 15.9 Å². The highest BCUT2D eigenvalue weighted by molar-refractivity contribution is 6.04. The molecule has 0 spiro atoms. The van der Waals surface area contributed by atoms with Crippen molar-refractivity contribution in [3.8, 4) is 0 Å². The van der Waals surface area contributed by atoms with Crippen LogP contribution in [0.4, 0.5) is 11.4 Å². The number of nitrogens with one attached hydrogen (secondary N) is 2. The average Bonchev–Trinajstić information content (AvgIpc) is 2.95. The molecule has 0 saturated heterocycles. The smallest absolute Gasteiger partial charge is 0.257 e. The van der Waals surface area contributed by atoms with Crippen molar-refractivity contribution in [3.05, 3.63) is 89.0 Å². The van der Waals surface area contributed by atoms with Crippen molar-refractivity contribution >= 4 is 23.4 Å². The number of hydrogen-bond donors (Lipinski definition) is 2. The van der Waals surface area contributed by atoms with Gasteiger partial charge >= 0.3 is 0 Å². The van der Waals surface area contributed by atoms with E-state index in [-0.39, 0.29) is 11.9 Å². The first kappa shape index (κ1) is 20.8. The summed E-state index contributed by atoms with van der Waals surface area (Å²) in [5.41, 5.74) is 6.72. The minimum Gasteiger partial charge on any atom is -0.377 e. The number of fused-ring (bicyclic) bond motifs is 1. The maximum Gasteiger partial charge on any atom is 0.257 e. The van der Waals surface area contributed by atoms with E-state index >= 15 is 0 Å². The first-order valence-corrected chi connectivity index (χ1v) is 10.7. The Bertz CT molecular complexity index is 1120. The van der Waals surface area contributed by atoms with Crippen molar-refractivity contribution in [1.82, 2.24) is 9.97 Å². The van der Waals surface area contributed by atoms with E-state index in [1.54, 1.807) is 12.4 Å². The Kier molecular flexibility index (Phi) is 6.12. The third-order valence-corrected chi connectivity index (χ3v) is 5.62. The Morgan fingerprint density at radius 2 is 2.00 bits per heavy atom. The Morgan fingerprint density at radius 1 is 1.13 bits per heavy atom. The van der Waals surface area contributed by atoms with Crippen molar-refractivity contribution in [2.45, 2.75) is 39.7 Å². The van der Waals surface area contributed by atoms with Crippen LogP contribution in [0, 0.1) is 12.8 Å². The molecule has 2 N–H and O–H groups in total. The van der Waals surface area contributed by atoms with E-state index in [0.717, 1.165) is 41.0 Å². The lowest BCUT2D eigenvalue weighted by atomic mass is 10.0.